The molecule has 2 N–H and O–H groups in total. The third-order valence-corrected chi connectivity index (χ3v) is 2.56. The van der Waals surface area contributed by atoms with Crippen LogP contribution < -0.4 is 5.56 Å². The number of nitrogens with one attached hydrogen (secondary N) is 1. The molecule has 0 aliphatic heterocycles. The Morgan fingerprint density at radius 3 is 2.63 bits per heavy atom. The number of esters is 1. The first-order valence-corrected chi connectivity index (χ1v) is 5.72. The number of hydrogen-bond acceptors (Lipinski definition) is 4. The fourth-order valence-corrected chi connectivity index (χ4v) is 1.66. The van der Waals surface area contributed by atoms with E-state index in [2.05, 4.69) is 4.98 Å². The quantitative estimate of drug-likeness (QED) is 0.823. The molecule has 0 fully saturated rings. The van der Waals surface area contributed by atoms with E-state index in [1.807, 2.05) is 18.2 Å². The lowest BCUT2D eigenvalue weighted by atomic mass is 10.2. The van der Waals surface area contributed by atoms with Crippen LogP contribution in [0.3, 0.4) is 0 Å². The van der Waals surface area contributed by atoms with Crippen LogP contribution in [0, 0.1) is 6.92 Å². The van der Waals surface area contributed by atoms with Crippen molar-refractivity contribution in [2.24, 2.45) is 0 Å². The van der Waals surface area contributed by atoms with Gasteiger partial charge in [-0.3, -0.25) is 4.79 Å². The molecule has 1 aromatic heterocycles. The topological polar surface area (TPSA) is 79.4 Å². The number of benzene rings is 1. The van der Waals surface area contributed by atoms with Gasteiger partial charge in [-0.15, -0.1) is 0 Å². The van der Waals surface area contributed by atoms with Gasteiger partial charge in [0.15, 0.2) is 5.56 Å². The van der Waals surface area contributed by atoms with Crippen molar-refractivity contribution in [1.29, 1.82) is 0 Å². The molecule has 0 unspecified atom stereocenters. The molecule has 1 aromatic carbocycles. The molecule has 0 aliphatic carbocycles. The van der Waals surface area contributed by atoms with Crippen molar-refractivity contribution in [3.05, 3.63) is 63.6 Å². The number of aryl methyl sites for hydroxylation is 1. The van der Waals surface area contributed by atoms with E-state index in [-0.39, 0.29) is 17.9 Å². The molecule has 19 heavy (non-hydrogen) atoms. The Labute approximate surface area is 109 Å². The van der Waals surface area contributed by atoms with E-state index in [4.69, 9.17) is 4.74 Å². The predicted octanol–water partition coefficient (Wildman–Crippen LogP) is 1.75. The Hall–Kier alpha value is -2.56. The lowest BCUT2D eigenvalue weighted by Gasteiger charge is -2.06. The third kappa shape index (κ3) is 3.01. The molecule has 0 amide bonds. The number of ether oxygens (including phenoxy) is 1. The summed E-state index contributed by atoms with van der Waals surface area (Å²) in [5.41, 5.74) is 0.248. The van der Waals surface area contributed by atoms with E-state index in [1.165, 1.54) is 6.07 Å². The van der Waals surface area contributed by atoms with Gasteiger partial charge in [0.05, 0.1) is 0 Å². The molecule has 0 atom stereocenters. The van der Waals surface area contributed by atoms with Crippen LogP contribution in [0.4, 0.5) is 0 Å². The first kappa shape index (κ1) is 12.9. The second-order valence-corrected chi connectivity index (χ2v) is 4.10. The van der Waals surface area contributed by atoms with E-state index in [0.717, 1.165) is 5.56 Å². The standard InChI is InChI=1S/C14H13NO4/c1-9-7-11(16)12(13(17)15-9)14(18)19-8-10-5-3-2-4-6-10/h2-7H,8H2,1H3,(H2,15,16,17). The lowest BCUT2D eigenvalue weighted by molar-refractivity contribution is 0.0467. The van der Waals surface area contributed by atoms with Crippen molar-refractivity contribution in [1.82, 2.24) is 4.98 Å². The first-order valence-electron chi connectivity index (χ1n) is 5.72. The Bertz CT molecular complexity index is 646. The minimum atomic E-state index is -0.845. The van der Waals surface area contributed by atoms with Crippen LogP contribution >= 0.6 is 0 Å². The van der Waals surface area contributed by atoms with Gasteiger partial charge in [0.2, 0.25) is 0 Å². The van der Waals surface area contributed by atoms with Gasteiger partial charge in [0.25, 0.3) is 5.56 Å². The Morgan fingerprint density at radius 1 is 1.32 bits per heavy atom. The maximum absolute atomic E-state index is 11.8. The number of carbonyl (C=O) groups excluding carboxylic acids is 1. The SMILES string of the molecule is Cc1cc(O)c(C(=O)OCc2ccccc2)c(=O)[nH]1. The van der Waals surface area contributed by atoms with Gasteiger partial charge in [0, 0.05) is 11.8 Å². The minimum Gasteiger partial charge on any atom is -0.507 e. The van der Waals surface area contributed by atoms with Crippen molar-refractivity contribution in [3.8, 4) is 5.75 Å². The summed E-state index contributed by atoms with van der Waals surface area (Å²) in [5.74, 6) is -1.22. The van der Waals surface area contributed by atoms with Crippen LogP contribution in [0.5, 0.6) is 5.75 Å². The highest BCUT2D eigenvalue weighted by Gasteiger charge is 2.18. The first-order chi connectivity index (χ1) is 9.08. The number of aromatic hydroxyl groups is 1. The van der Waals surface area contributed by atoms with E-state index in [9.17, 15) is 14.7 Å². The van der Waals surface area contributed by atoms with Crippen LogP contribution in [-0.4, -0.2) is 16.1 Å². The van der Waals surface area contributed by atoms with E-state index in [0.29, 0.717) is 5.69 Å². The Balaban J connectivity index is 2.15. The van der Waals surface area contributed by atoms with Crippen LogP contribution in [0.15, 0.2) is 41.2 Å². The third-order valence-electron chi connectivity index (χ3n) is 2.56. The molecule has 5 nitrogen and oxygen atoms in total. The highest BCUT2D eigenvalue weighted by atomic mass is 16.5. The van der Waals surface area contributed by atoms with Crippen molar-refractivity contribution in [2.45, 2.75) is 13.5 Å². The molecule has 0 radical (unpaired) electrons. The number of H-pyrrole nitrogens is 1. The summed E-state index contributed by atoms with van der Waals surface area (Å²) in [6.45, 7) is 1.66. The Kier molecular flexibility index (Phi) is 3.66. The predicted molar refractivity (Wildman–Crippen MR) is 69.0 cm³/mol. The number of hydrogen-bond donors (Lipinski definition) is 2. The smallest absolute Gasteiger partial charge is 0.347 e. The fourth-order valence-electron chi connectivity index (χ4n) is 1.66. The monoisotopic (exact) mass is 259 g/mol. The number of carbonyl (C=O) groups is 1. The molecule has 0 saturated heterocycles. The van der Waals surface area contributed by atoms with Crippen molar-refractivity contribution < 1.29 is 14.6 Å². The van der Waals surface area contributed by atoms with Crippen LogP contribution in [0.2, 0.25) is 0 Å². The normalized spacial score (nSPS) is 10.2. The summed E-state index contributed by atoms with van der Waals surface area (Å²) in [6, 6.07) is 10.4. The highest BCUT2D eigenvalue weighted by Crippen LogP contribution is 2.14. The zero-order chi connectivity index (χ0) is 13.8. The summed E-state index contributed by atoms with van der Waals surface area (Å²) in [5, 5.41) is 9.62. The van der Waals surface area contributed by atoms with Crippen molar-refractivity contribution >= 4 is 5.97 Å². The molecule has 2 rings (SSSR count). The summed E-state index contributed by atoms with van der Waals surface area (Å²) in [4.78, 5) is 25.8. The molecule has 98 valence electrons. The molecule has 0 spiro atoms. The number of aromatic amines is 1. The van der Waals surface area contributed by atoms with Gasteiger partial charge >= 0.3 is 5.97 Å². The van der Waals surface area contributed by atoms with Gasteiger partial charge < -0.3 is 14.8 Å². The summed E-state index contributed by atoms with van der Waals surface area (Å²) < 4.78 is 5.00. The molecular weight excluding hydrogens is 246 g/mol. The van der Waals surface area contributed by atoms with E-state index in [1.54, 1.807) is 19.1 Å². The van der Waals surface area contributed by atoms with Crippen LogP contribution in [-0.2, 0) is 11.3 Å². The maximum Gasteiger partial charge on any atom is 0.347 e. The summed E-state index contributed by atoms with van der Waals surface area (Å²) in [6.07, 6.45) is 0. The summed E-state index contributed by atoms with van der Waals surface area (Å²) >= 11 is 0. The molecule has 0 aliphatic rings. The second kappa shape index (κ2) is 5.39. The van der Waals surface area contributed by atoms with E-state index >= 15 is 0 Å². The van der Waals surface area contributed by atoms with Crippen LogP contribution in [0.1, 0.15) is 21.6 Å². The summed E-state index contributed by atoms with van der Waals surface area (Å²) in [7, 11) is 0. The van der Waals surface area contributed by atoms with Gasteiger partial charge in [0.1, 0.15) is 12.4 Å². The average Bonchev–Trinajstić information content (AvgIpc) is 2.36. The molecule has 0 bridgehead atoms. The highest BCUT2D eigenvalue weighted by molar-refractivity contribution is 5.91. The Morgan fingerprint density at radius 2 is 2.00 bits per heavy atom. The lowest BCUT2D eigenvalue weighted by Crippen LogP contribution is -2.20. The van der Waals surface area contributed by atoms with Crippen molar-refractivity contribution in [2.75, 3.05) is 0 Å². The number of rotatable bonds is 3. The number of aromatic nitrogens is 1. The number of pyridine rings is 1. The van der Waals surface area contributed by atoms with Crippen LogP contribution in [0.25, 0.3) is 0 Å². The van der Waals surface area contributed by atoms with Gasteiger partial charge in [-0.1, -0.05) is 30.3 Å². The average molecular weight is 259 g/mol. The zero-order valence-electron chi connectivity index (χ0n) is 10.3. The van der Waals surface area contributed by atoms with E-state index < -0.39 is 11.5 Å². The fraction of sp³-hybridized carbons (Fsp3) is 0.143. The van der Waals surface area contributed by atoms with Gasteiger partial charge in [-0.05, 0) is 12.5 Å². The van der Waals surface area contributed by atoms with Gasteiger partial charge in [-0.25, -0.2) is 4.79 Å². The second-order valence-electron chi connectivity index (χ2n) is 4.10. The molecule has 5 heteroatoms. The largest absolute Gasteiger partial charge is 0.507 e. The molecular formula is C14H13NO4. The van der Waals surface area contributed by atoms with Gasteiger partial charge in [-0.2, -0.15) is 0 Å². The maximum atomic E-state index is 11.8. The zero-order valence-corrected chi connectivity index (χ0v) is 10.3. The molecule has 0 saturated carbocycles. The molecule has 1 heterocycles. The van der Waals surface area contributed by atoms with Crippen molar-refractivity contribution in [3.63, 3.8) is 0 Å². The minimum absolute atomic E-state index is 0.0480. The molecule has 2 aromatic rings.